The molecule has 1 aliphatic rings. The van der Waals surface area contributed by atoms with Gasteiger partial charge in [-0.2, -0.15) is 4.83 Å². The van der Waals surface area contributed by atoms with Crippen molar-refractivity contribution in [2.45, 2.75) is 19.8 Å². The fraction of sp³-hybridized carbons (Fsp3) is 0.357. The van der Waals surface area contributed by atoms with Crippen LogP contribution in [0.5, 0.6) is 0 Å². The number of aryl methyl sites for hydroxylation is 1. The van der Waals surface area contributed by atoms with E-state index in [1.165, 1.54) is 18.4 Å². The van der Waals surface area contributed by atoms with E-state index in [0.717, 1.165) is 18.0 Å². The van der Waals surface area contributed by atoms with Crippen molar-refractivity contribution in [3.05, 3.63) is 48.0 Å². The van der Waals surface area contributed by atoms with E-state index in [-0.39, 0.29) is 24.0 Å². The molecule has 0 amide bonds. The van der Waals surface area contributed by atoms with E-state index in [1.807, 2.05) is 46.6 Å². The molecule has 4 nitrogen and oxygen atoms in total. The first-order valence-corrected chi connectivity index (χ1v) is 7.34. The largest absolute Gasteiger partial charge is 1.00 e. The summed E-state index contributed by atoms with van der Waals surface area (Å²) in [6, 6.07) is 4.06. The molecule has 0 atom stereocenters. The van der Waals surface area contributed by atoms with Crippen LogP contribution in [0.4, 0.5) is 5.69 Å². The fourth-order valence-electron chi connectivity index (χ4n) is 1.70. The number of rotatable bonds is 6. The Morgan fingerprint density at radius 1 is 1.45 bits per heavy atom. The summed E-state index contributed by atoms with van der Waals surface area (Å²) in [5.74, 6) is 0.831. The van der Waals surface area contributed by atoms with Gasteiger partial charge in [-0.1, -0.05) is 25.5 Å². The number of ether oxygens (including phenoxy) is 1. The number of allylic oxidation sites excluding steroid dienone is 1. The highest BCUT2D eigenvalue weighted by atomic mass is 127. The van der Waals surface area contributed by atoms with Crippen molar-refractivity contribution in [3.63, 3.8) is 0 Å². The van der Waals surface area contributed by atoms with Crippen LogP contribution in [0.15, 0.2) is 48.0 Å². The van der Waals surface area contributed by atoms with Crippen LogP contribution in [0.2, 0.25) is 0 Å². The Morgan fingerprint density at radius 3 is 3.05 bits per heavy atom. The third kappa shape index (κ3) is 4.99. The predicted molar refractivity (Wildman–Crippen MR) is 78.9 cm³/mol. The van der Waals surface area contributed by atoms with Crippen molar-refractivity contribution in [1.82, 2.24) is 4.83 Å². The van der Waals surface area contributed by atoms with Crippen molar-refractivity contribution in [2.24, 2.45) is 7.05 Å². The zero-order valence-corrected chi connectivity index (χ0v) is 14.7. The normalized spacial score (nSPS) is 14.3. The molecule has 0 fully saturated rings. The van der Waals surface area contributed by atoms with Crippen molar-refractivity contribution in [3.8, 4) is 0 Å². The number of hydrogen-bond donors (Lipinski definition) is 1. The van der Waals surface area contributed by atoms with Crippen LogP contribution in [-0.2, 0) is 11.8 Å². The number of nitrogens with one attached hydrogen (secondary N) is 1. The first-order chi connectivity index (χ1) is 9.31. The van der Waals surface area contributed by atoms with Gasteiger partial charge in [-0.25, -0.2) is 9.58 Å². The number of nitrogens with zero attached hydrogens (tertiary/aromatic N) is 2. The maximum atomic E-state index is 5.76. The third-order valence-electron chi connectivity index (χ3n) is 2.66. The summed E-state index contributed by atoms with van der Waals surface area (Å²) >= 11 is 1.51. The molecule has 1 aromatic heterocycles. The molecule has 0 unspecified atom stereocenters. The minimum atomic E-state index is 0. The quantitative estimate of drug-likeness (QED) is 0.304. The molecule has 0 radical (unpaired) electrons. The highest BCUT2D eigenvalue weighted by molar-refractivity contribution is 8.00. The van der Waals surface area contributed by atoms with Gasteiger partial charge < -0.3 is 28.7 Å². The number of hydrazine groups is 1. The van der Waals surface area contributed by atoms with Crippen molar-refractivity contribution >= 4 is 17.6 Å². The zero-order valence-electron chi connectivity index (χ0n) is 11.8. The summed E-state index contributed by atoms with van der Waals surface area (Å²) in [5.41, 5.74) is 1.05. The average Bonchev–Trinajstić information content (AvgIpc) is 2.87. The lowest BCUT2D eigenvalue weighted by atomic mass is 10.3. The first kappa shape index (κ1) is 17.3. The van der Waals surface area contributed by atoms with E-state index in [9.17, 15) is 0 Å². The van der Waals surface area contributed by atoms with Crippen molar-refractivity contribution in [2.75, 3.05) is 11.6 Å². The van der Waals surface area contributed by atoms with Gasteiger partial charge in [-0.05, 0) is 24.4 Å². The number of anilines is 1. The summed E-state index contributed by atoms with van der Waals surface area (Å²) in [7, 11) is 2.00. The van der Waals surface area contributed by atoms with Crippen molar-refractivity contribution in [1.29, 1.82) is 0 Å². The molecule has 6 heteroatoms. The lowest BCUT2D eigenvalue weighted by Crippen LogP contribution is -3.00. The Hall–Kier alpha value is -0.730. The van der Waals surface area contributed by atoms with Crippen LogP contribution < -0.4 is 38.4 Å². The fourth-order valence-corrected chi connectivity index (χ4v) is 2.32. The number of hydrogen-bond acceptors (Lipinski definition) is 4. The van der Waals surface area contributed by atoms with Gasteiger partial charge in [-0.15, -0.1) is 0 Å². The Balaban J connectivity index is 0.00000200. The van der Waals surface area contributed by atoms with Gasteiger partial charge >= 0.3 is 0 Å². The molecule has 110 valence electrons. The molecule has 2 rings (SSSR count). The Kier molecular flexibility index (Phi) is 8.01. The zero-order chi connectivity index (χ0) is 13.5. The SMILES string of the molecule is CCC/C=C\COC1=CSNN1c1ccc[n+](C)c1.[I-]. The van der Waals surface area contributed by atoms with Gasteiger partial charge in [0.05, 0.1) is 5.41 Å². The minimum Gasteiger partial charge on any atom is -1.00 e. The summed E-state index contributed by atoms with van der Waals surface area (Å²) in [5, 5.41) is 3.92. The Labute approximate surface area is 142 Å². The molecule has 2 heterocycles. The number of halogens is 1. The second-order valence-corrected chi connectivity index (χ2v) is 4.95. The maximum absolute atomic E-state index is 5.76. The molecule has 20 heavy (non-hydrogen) atoms. The molecular weight excluding hydrogens is 385 g/mol. The number of aromatic nitrogens is 1. The first-order valence-electron chi connectivity index (χ1n) is 6.46. The van der Waals surface area contributed by atoms with E-state index in [2.05, 4.69) is 23.9 Å². The summed E-state index contributed by atoms with van der Waals surface area (Å²) in [4.78, 5) is 3.20. The topological polar surface area (TPSA) is 28.4 Å². The molecule has 1 aliphatic heterocycles. The summed E-state index contributed by atoms with van der Waals surface area (Å²) in [6.45, 7) is 2.77. The molecule has 0 saturated carbocycles. The van der Waals surface area contributed by atoms with Gasteiger partial charge in [0.15, 0.2) is 12.4 Å². The van der Waals surface area contributed by atoms with Crippen molar-refractivity contribution < 1.29 is 33.3 Å². The lowest BCUT2D eigenvalue weighted by molar-refractivity contribution is -0.670. The third-order valence-corrected chi connectivity index (χ3v) is 3.26. The average molecular weight is 405 g/mol. The smallest absolute Gasteiger partial charge is 0.217 e. The number of unbranched alkanes of at least 4 members (excludes halogenated alkanes) is 1. The molecule has 1 aromatic rings. The standard InChI is InChI=1S/C14H20N3OS.HI/c1-3-4-5-6-10-18-14-12-19-15-17(14)13-8-7-9-16(2)11-13;/h5-9,11-12,15H,3-4,10H2,1-2H3;1H/q+1;/p-1/b6-5-;. The molecular formula is C14H20IN3OS. The highest BCUT2D eigenvalue weighted by Crippen LogP contribution is 2.24. The second kappa shape index (κ2) is 9.25. The van der Waals surface area contributed by atoms with Gasteiger partial charge in [-0.3, -0.25) is 0 Å². The van der Waals surface area contributed by atoms with E-state index < -0.39 is 0 Å². The van der Waals surface area contributed by atoms with Gasteiger partial charge in [0.2, 0.25) is 5.88 Å². The second-order valence-electron chi connectivity index (χ2n) is 4.30. The van der Waals surface area contributed by atoms with Crippen LogP contribution in [0, 0.1) is 0 Å². The number of pyridine rings is 1. The molecule has 0 aliphatic carbocycles. The van der Waals surface area contributed by atoms with Gasteiger partial charge in [0.25, 0.3) is 0 Å². The molecule has 0 saturated heterocycles. The van der Waals surface area contributed by atoms with Crippen LogP contribution in [0.3, 0.4) is 0 Å². The lowest BCUT2D eigenvalue weighted by Gasteiger charge is -2.19. The maximum Gasteiger partial charge on any atom is 0.217 e. The molecule has 0 spiro atoms. The van der Waals surface area contributed by atoms with E-state index in [1.54, 1.807) is 0 Å². The molecule has 1 N–H and O–H groups in total. The predicted octanol–water partition coefficient (Wildman–Crippen LogP) is -0.340. The van der Waals surface area contributed by atoms with E-state index in [0.29, 0.717) is 6.61 Å². The summed E-state index contributed by atoms with van der Waals surface area (Å²) in [6.07, 6.45) is 10.5. The van der Waals surface area contributed by atoms with Crippen LogP contribution in [0.25, 0.3) is 0 Å². The van der Waals surface area contributed by atoms with Gasteiger partial charge in [0.1, 0.15) is 19.3 Å². The monoisotopic (exact) mass is 405 g/mol. The summed E-state index contributed by atoms with van der Waals surface area (Å²) < 4.78 is 7.78. The molecule has 0 aromatic carbocycles. The molecule has 0 bridgehead atoms. The van der Waals surface area contributed by atoms with Crippen LogP contribution >= 0.6 is 11.9 Å². The Morgan fingerprint density at radius 2 is 2.30 bits per heavy atom. The highest BCUT2D eigenvalue weighted by Gasteiger charge is 2.20. The van der Waals surface area contributed by atoms with Crippen LogP contribution in [-0.4, -0.2) is 6.61 Å². The minimum absolute atomic E-state index is 0. The van der Waals surface area contributed by atoms with Gasteiger partial charge in [0, 0.05) is 6.07 Å². The Bertz CT molecular complexity index is 479. The van der Waals surface area contributed by atoms with Crippen LogP contribution in [0.1, 0.15) is 19.8 Å². The van der Waals surface area contributed by atoms with E-state index >= 15 is 0 Å². The van der Waals surface area contributed by atoms with E-state index in [4.69, 9.17) is 4.74 Å².